The second-order valence-electron chi connectivity index (χ2n) is 4.88. The SMILES string of the molecule is CC(C)(C)OC(=O)NC[C@@H]1C[C@@H](O)CN1. The molecule has 2 atom stereocenters. The number of amides is 1. The number of β-amino-alcohol motifs (C(OH)–C–C–N with tert-alkyl or cyclic N) is 1. The van der Waals surface area contributed by atoms with E-state index in [1.165, 1.54) is 0 Å². The van der Waals surface area contributed by atoms with Gasteiger partial charge in [0, 0.05) is 19.1 Å². The van der Waals surface area contributed by atoms with Crippen LogP contribution in [0.5, 0.6) is 0 Å². The lowest BCUT2D eigenvalue weighted by Crippen LogP contribution is -2.39. The molecule has 0 aromatic rings. The van der Waals surface area contributed by atoms with E-state index in [-0.39, 0.29) is 12.1 Å². The van der Waals surface area contributed by atoms with Crippen LogP contribution >= 0.6 is 0 Å². The minimum Gasteiger partial charge on any atom is -0.444 e. The first kappa shape index (κ1) is 12.3. The number of aliphatic hydroxyl groups excluding tert-OH is 1. The molecular formula is C10H20N2O3. The third kappa shape index (κ3) is 4.99. The summed E-state index contributed by atoms with van der Waals surface area (Å²) in [6.45, 7) is 6.56. The van der Waals surface area contributed by atoms with Gasteiger partial charge in [0.2, 0.25) is 0 Å². The molecule has 3 N–H and O–H groups in total. The van der Waals surface area contributed by atoms with Gasteiger partial charge >= 0.3 is 6.09 Å². The Labute approximate surface area is 90.2 Å². The number of aliphatic hydroxyl groups is 1. The van der Waals surface area contributed by atoms with E-state index >= 15 is 0 Å². The molecule has 88 valence electrons. The molecule has 5 nitrogen and oxygen atoms in total. The first-order chi connectivity index (χ1) is 6.87. The Morgan fingerprint density at radius 2 is 2.27 bits per heavy atom. The monoisotopic (exact) mass is 216 g/mol. The number of carbonyl (C=O) groups excluding carboxylic acids is 1. The van der Waals surface area contributed by atoms with E-state index in [0.29, 0.717) is 19.5 Å². The molecular weight excluding hydrogens is 196 g/mol. The summed E-state index contributed by atoms with van der Waals surface area (Å²) in [6.07, 6.45) is -0.0309. The van der Waals surface area contributed by atoms with Crippen LogP contribution in [0.1, 0.15) is 27.2 Å². The Bertz CT molecular complexity index is 225. The van der Waals surface area contributed by atoms with Gasteiger partial charge in [-0.2, -0.15) is 0 Å². The zero-order valence-electron chi connectivity index (χ0n) is 9.54. The first-order valence-corrected chi connectivity index (χ1v) is 5.25. The van der Waals surface area contributed by atoms with Crippen LogP contribution in [0.2, 0.25) is 0 Å². The molecule has 0 bridgehead atoms. The van der Waals surface area contributed by atoms with Crippen LogP contribution in [0, 0.1) is 0 Å². The van der Waals surface area contributed by atoms with Crippen molar-refractivity contribution in [3.8, 4) is 0 Å². The highest BCUT2D eigenvalue weighted by Gasteiger charge is 2.23. The quantitative estimate of drug-likeness (QED) is 0.618. The third-order valence-electron chi connectivity index (χ3n) is 2.09. The summed E-state index contributed by atoms with van der Waals surface area (Å²) in [7, 11) is 0. The molecule has 15 heavy (non-hydrogen) atoms. The van der Waals surface area contributed by atoms with E-state index in [1.807, 2.05) is 20.8 Å². The molecule has 0 saturated carbocycles. The van der Waals surface area contributed by atoms with Crippen LogP contribution in [0.15, 0.2) is 0 Å². The number of alkyl carbamates (subject to hydrolysis) is 1. The molecule has 1 heterocycles. The maximum atomic E-state index is 11.3. The number of hydrogen-bond donors (Lipinski definition) is 3. The van der Waals surface area contributed by atoms with Gasteiger partial charge in [0.05, 0.1) is 6.10 Å². The van der Waals surface area contributed by atoms with Gasteiger partial charge in [-0.1, -0.05) is 0 Å². The van der Waals surface area contributed by atoms with Gasteiger partial charge in [0.25, 0.3) is 0 Å². The largest absolute Gasteiger partial charge is 0.444 e. The van der Waals surface area contributed by atoms with Crippen LogP contribution < -0.4 is 10.6 Å². The van der Waals surface area contributed by atoms with Crippen molar-refractivity contribution in [2.75, 3.05) is 13.1 Å². The maximum Gasteiger partial charge on any atom is 0.407 e. The fourth-order valence-corrected chi connectivity index (χ4v) is 1.47. The lowest BCUT2D eigenvalue weighted by Gasteiger charge is -2.20. The zero-order chi connectivity index (χ0) is 11.5. The van der Waals surface area contributed by atoms with Crippen LogP contribution in [0.4, 0.5) is 4.79 Å². The number of ether oxygens (including phenoxy) is 1. The fraction of sp³-hybridized carbons (Fsp3) is 0.900. The summed E-state index contributed by atoms with van der Waals surface area (Å²) >= 11 is 0. The predicted octanol–water partition coefficient (Wildman–Crippen LogP) is 0.234. The van der Waals surface area contributed by atoms with Gasteiger partial charge in [-0.05, 0) is 27.2 Å². The number of carbonyl (C=O) groups is 1. The van der Waals surface area contributed by atoms with E-state index < -0.39 is 11.7 Å². The Kier molecular flexibility index (Phi) is 3.93. The molecule has 1 saturated heterocycles. The van der Waals surface area contributed by atoms with Gasteiger partial charge in [-0.3, -0.25) is 0 Å². The van der Waals surface area contributed by atoms with Crippen LogP contribution in [0.3, 0.4) is 0 Å². The fourth-order valence-electron chi connectivity index (χ4n) is 1.47. The lowest BCUT2D eigenvalue weighted by molar-refractivity contribution is 0.0522. The zero-order valence-corrected chi connectivity index (χ0v) is 9.54. The maximum absolute atomic E-state index is 11.3. The summed E-state index contributed by atoms with van der Waals surface area (Å²) in [5.74, 6) is 0. The minimum absolute atomic E-state index is 0.146. The minimum atomic E-state index is -0.466. The van der Waals surface area contributed by atoms with Crippen molar-refractivity contribution in [3.63, 3.8) is 0 Å². The molecule has 1 fully saturated rings. The number of hydrogen-bond acceptors (Lipinski definition) is 4. The molecule has 0 unspecified atom stereocenters. The second-order valence-corrected chi connectivity index (χ2v) is 4.88. The Morgan fingerprint density at radius 1 is 1.60 bits per heavy atom. The van der Waals surface area contributed by atoms with E-state index in [1.54, 1.807) is 0 Å². The summed E-state index contributed by atoms with van der Waals surface area (Å²) in [5, 5.41) is 15.0. The smallest absolute Gasteiger partial charge is 0.407 e. The first-order valence-electron chi connectivity index (χ1n) is 5.25. The normalized spacial score (nSPS) is 26.4. The van der Waals surface area contributed by atoms with Crippen molar-refractivity contribution in [2.45, 2.75) is 44.9 Å². The average molecular weight is 216 g/mol. The summed E-state index contributed by atoms with van der Waals surface area (Å²) in [6, 6.07) is 0.146. The van der Waals surface area contributed by atoms with E-state index in [2.05, 4.69) is 10.6 Å². The van der Waals surface area contributed by atoms with E-state index in [4.69, 9.17) is 4.74 Å². The van der Waals surface area contributed by atoms with E-state index in [9.17, 15) is 9.90 Å². The van der Waals surface area contributed by atoms with Crippen molar-refractivity contribution >= 4 is 6.09 Å². The van der Waals surface area contributed by atoms with Gasteiger partial charge in [0.15, 0.2) is 0 Å². The highest BCUT2D eigenvalue weighted by molar-refractivity contribution is 5.67. The van der Waals surface area contributed by atoms with Crippen LogP contribution in [-0.4, -0.2) is 42.0 Å². The average Bonchev–Trinajstić information content (AvgIpc) is 2.45. The molecule has 0 radical (unpaired) electrons. The van der Waals surface area contributed by atoms with Crippen LogP contribution in [0.25, 0.3) is 0 Å². The molecule has 0 aromatic heterocycles. The van der Waals surface area contributed by atoms with E-state index in [0.717, 1.165) is 0 Å². The van der Waals surface area contributed by atoms with Gasteiger partial charge in [-0.25, -0.2) is 4.79 Å². The van der Waals surface area contributed by atoms with Crippen molar-refractivity contribution in [2.24, 2.45) is 0 Å². The predicted molar refractivity (Wildman–Crippen MR) is 56.7 cm³/mol. The Morgan fingerprint density at radius 3 is 2.73 bits per heavy atom. The van der Waals surface area contributed by atoms with Crippen molar-refractivity contribution < 1.29 is 14.6 Å². The van der Waals surface area contributed by atoms with Gasteiger partial charge in [-0.15, -0.1) is 0 Å². The third-order valence-corrected chi connectivity index (χ3v) is 2.09. The molecule has 1 aliphatic rings. The molecule has 1 aliphatic heterocycles. The number of nitrogens with one attached hydrogen (secondary N) is 2. The second kappa shape index (κ2) is 4.81. The Balaban J connectivity index is 2.17. The molecule has 1 amide bonds. The highest BCUT2D eigenvalue weighted by Crippen LogP contribution is 2.07. The molecule has 5 heteroatoms. The standard InChI is InChI=1S/C10H20N2O3/c1-10(2,3)15-9(14)12-5-7-4-8(13)6-11-7/h7-8,11,13H,4-6H2,1-3H3,(H,12,14)/t7-,8+/m0/s1. The van der Waals surface area contributed by atoms with Crippen molar-refractivity contribution in [1.29, 1.82) is 0 Å². The van der Waals surface area contributed by atoms with Crippen molar-refractivity contribution in [1.82, 2.24) is 10.6 Å². The van der Waals surface area contributed by atoms with Crippen LogP contribution in [-0.2, 0) is 4.74 Å². The topological polar surface area (TPSA) is 70.6 Å². The van der Waals surface area contributed by atoms with Gasteiger partial charge < -0.3 is 20.5 Å². The highest BCUT2D eigenvalue weighted by atomic mass is 16.6. The lowest BCUT2D eigenvalue weighted by atomic mass is 10.2. The molecule has 0 spiro atoms. The summed E-state index contributed by atoms with van der Waals surface area (Å²) in [5.41, 5.74) is -0.466. The Hall–Kier alpha value is -0.810. The summed E-state index contributed by atoms with van der Waals surface area (Å²) in [4.78, 5) is 11.3. The van der Waals surface area contributed by atoms with Crippen molar-refractivity contribution in [3.05, 3.63) is 0 Å². The molecule has 1 rings (SSSR count). The van der Waals surface area contributed by atoms with Gasteiger partial charge in [0.1, 0.15) is 5.60 Å². The number of rotatable bonds is 2. The molecule has 0 aromatic carbocycles. The molecule has 0 aliphatic carbocycles. The summed E-state index contributed by atoms with van der Waals surface area (Å²) < 4.78 is 5.08.